The Hall–Kier alpha value is -1.77. The molecule has 30 heavy (non-hydrogen) atoms. The predicted octanol–water partition coefficient (Wildman–Crippen LogP) is 2.73. The Kier molecular flexibility index (Phi) is 5.19. The largest absolute Gasteiger partial charge is 0.463 e. The molecule has 162 valence electrons. The summed E-state index contributed by atoms with van der Waals surface area (Å²) in [7, 11) is 4.13. The lowest BCUT2D eigenvalue weighted by Crippen LogP contribution is -2.46. The predicted molar refractivity (Wildman–Crippen MR) is 115 cm³/mol. The summed E-state index contributed by atoms with van der Waals surface area (Å²) in [5.74, 6) is 0.767. The van der Waals surface area contributed by atoms with Gasteiger partial charge in [-0.15, -0.1) is 0 Å². The lowest BCUT2D eigenvalue weighted by Gasteiger charge is -2.36. The van der Waals surface area contributed by atoms with Crippen LogP contribution in [0.15, 0.2) is 6.20 Å². The summed E-state index contributed by atoms with van der Waals surface area (Å²) in [6.07, 6.45) is 6.13. The van der Waals surface area contributed by atoms with E-state index in [-0.39, 0.29) is 22.1 Å². The Labute approximate surface area is 181 Å². The number of aromatic nitrogens is 3. The van der Waals surface area contributed by atoms with Crippen LogP contribution in [0.2, 0.25) is 5.15 Å². The summed E-state index contributed by atoms with van der Waals surface area (Å²) < 4.78 is 20.9. The van der Waals surface area contributed by atoms with Crippen LogP contribution >= 0.6 is 11.6 Å². The van der Waals surface area contributed by atoms with Crippen LogP contribution in [0.4, 0.5) is 10.2 Å². The van der Waals surface area contributed by atoms with E-state index in [1.807, 2.05) is 0 Å². The van der Waals surface area contributed by atoms with Crippen molar-refractivity contribution < 1.29 is 9.13 Å². The van der Waals surface area contributed by atoms with E-state index in [4.69, 9.17) is 21.3 Å². The molecule has 7 nitrogen and oxygen atoms in total. The maximum Gasteiger partial charge on any atom is 0.319 e. The van der Waals surface area contributed by atoms with Gasteiger partial charge < -0.3 is 19.9 Å². The van der Waals surface area contributed by atoms with Crippen molar-refractivity contribution in [3.8, 4) is 6.01 Å². The van der Waals surface area contributed by atoms with E-state index in [0.717, 1.165) is 45.4 Å². The Balaban J connectivity index is 1.47. The molecule has 0 radical (unpaired) electrons. The minimum atomic E-state index is -0.619. The fourth-order valence-electron chi connectivity index (χ4n) is 4.94. The molecule has 1 aliphatic carbocycles. The first kappa shape index (κ1) is 20.2. The van der Waals surface area contributed by atoms with Gasteiger partial charge in [-0.25, -0.2) is 9.37 Å². The number of nitrogens with one attached hydrogen (secondary N) is 1. The fraction of sp³-hybridized carbons (Fsp3) is 0.667. The Morgan fingerprint density at radius 1 is 1.33 bits per heavy atom. The molecule has 1 N–H and O–H groups in total. The van der Waals surface area contributed by atoms with Gasteiger partial charge in [-0.3, -0.25) is 0 Å². The standard InChI is InChI=1S/C21H28ClFN6O/c1-28(2)11-21(5-6-21)12-30-20-26-17-14(9-25-18(22)16(17)23)19(27-20)29-8-4-13-3-7-24-15(13)10-29/h9,13,15,24H,3-8,10-12H2,1-2H3/t13-,15+/m1/s1. The smallest absolute Gasteiger partial charge is 0.319 e. The third-order valence-corrected chi connectivity index (χ3v) is 6.96. The van der Waals surface area contributed by atoms with Crippen molar-refractivity contribution in [2.45, 2.75) is 31.7 Å². The highest BCUT2D eigenvalue weighted by atomic mass is 35.5. The molecule has 2 atom stereocenters. The van der Waals surface area contributed by atoms with Crippen molar-refractivity contribution in [3.63, 3.8) is 0 Å². The van der Waals surface area contributed by atoms with Gasteiger partial charge in [-0.05, 0) is 52.2 Å². The number of rotatable bonds is 6. The molecule has 2 aromatic rings. The first-order valence-corrected chi connectivity index (χ1v) is 11.1. The normalized spacial score (nSPS) is 25.0. The van der Waals surface area contributed by atoms with Crippen LogP contribution < -0.4 is 15.0 Å². The van der Waals surface area contributed by atoms with E-state index in [9.17, 15) is 4.39 Å². The van der Waals surface area contributed by atoms with Gasteiger partial charge in [0.1, 0.15) is 11.3 Å². The molecule has 2 aliphatic heterocycles. The minimum absolute atomic E-state index is 0.141. The summed E-state index contributed by atoms with van der Waals surface area (Å²) in [4.78, 5) is 17.5. The third-order valence-electron chi connectivity index (χ3n) is 6.69. The quantitative estimate of drug-likeness (QED) is 0.701. The van der Waals surface area contributed by atoms with E-state index in [1.165, 1.54) is 6.42 Å². The second-order valence-corrected chi connectivity index (χ2v) is 9.68. The number of hydrogen-bond acceptors (Lipinski definition) is 7. The number of ether oxygens (including phenoxy) is 1. The van der Waals surface area contributed by atoms with Crippen LogP contribution in [0, 0.1) is 17.2 Å². The fourth-order valence-corrected chi connectivity index (χ4v) is 5.08. The van der Waals surface area contributed by atoms with E-state index in [0.29, 0.717) is 29.8 Å². The molecule has 3 fully saturated rings. The van der Waals surface area contributed by atoms with Crippen molar-refractivity contribution in [1.29, 1.82) is 0 Å². The number of fused-ring (bicyclic) bond motifs is 2. The molecule has 9 heteroatoms. The van der Waals surface area contributed by atoms with Crippen LogP contribution in [-0.2, 0) is 0 Å². The molecule has 0 spiro atoms. The highest BCUT2D eigenvalue weighted by molar-refractivity contribution is 6.30. The topological polar surface area (TPSA) is 66.4 Å². The van der Waals surface area contributed by atoms with Crippen molar-refractivity contribution in [2.75, 3.05) is 51.8 Å². The maximum atomic E-state index is 14.8. The second kappa shape index (κ2) is 7.73. The van der Waals surface area contributed by atoms with Gasteiger partial charge in [0, 0.05) is 37.3 Å². The van der Waals surface area contributed by atoms with Crippen molar-refractivity contribution >= 4 is 28.3 Å². The molecule has 2 aromatic heterocycles. The first-order chi connectivity index (χ1) is 14.4. The number of pyridine rings is 1. The van der Waals surface area contributed by atoms with Gasteiger partial charge in [0.05, 0.1) is 12.0 Å². The summed E-state index contributed by atoms with van der Waals surface area (Å²) >= 11 is 5.95. The Morgan fingerprint density at radius 3 is 2.93 bits per heavy atom. The molecule has 3 aliphatic rings. The average Bonchev–Trinajstić information content (AvgIpc) is 3.31. The minimum Gasteiger partial charge on any atom is -0.463 e. The van der Waals surface area contributed by atoms with Crippen LogP contribution in [0.5, 0.6) is 6.01 Å². The molecular weight excluding hydrogens is 407 g/mol. The van der Waals surface area contributed by atoms with Crippen molar-refractivity contribution in [1.82, 2.24) is 25.2 Å². The lowest BCUT2D eigenvalue weighted by molar-refractivity contribution is 0.183. The summed E-state index contributed by atoms with van der Waals surface area (Å²) in [6.45, 7) is 4.26. The lowest BCUT2D eigenvalue weighted by atomic mass is 9.92. The third kappa shape index (κ3) is 3.81. The summed E-state index contributed by atoms with van der Waals surface area (Å²) in [5.41, 5.74) is 0.316. The van der Waals surface area contributed by atoms with E-state index in [1.54, 1.807) is 6.20 Å². The molecule has 2 saturated heterocycles. The van der Waals surface area contributed by atoms with Crippen LogP contribution in [0.1, 0.15) is 25.7 Å². The molecule has 0 unspecified atom stereocenters. The molecule has 0 bridgehead atoms. The zero-order valence-electron chi connectivity index (χ0n) is 17.5. The number of piperidine rings is 1. The summed E-state index contributed by atoms with van der Waals surface area (Å²) in [5, 5.41) is 3.98. The highest BCUT2D eigenvalue weighted by Crippen LogP contribution is 2.46. The van der Waals surface area contributed by atoms with E-state index >= 15 is 0 Å². The number of nitrogens with zero attached hydrogens (tertiary/aromatic N) is 5. The SMILES string of the molecule is CN(C)CC1(COc2nc(N3CC[C@H]4CCN[C@H]4C3)c3cnc(Cl)c(F)c3n2)CC1. The monoisotopic (exact) mass is 434 g/mol. The molecule has 5 rings (SSSR count). The van der Waals surface area contributed by atoms with Crippen LogP contribution in [0.3, 0.4) is 0 Å². The number of hydrogen-bond donors (Lipinski definition) is 1. The summed E-state index contributed by atoms with van der Waals surface area (Å²) in [6, 6.07) is 0.651. The van der Waals surface area contributed by atoms with Crippen LogP contribution in [0.25, 0.3) is 10.9 Å². The first-order valence-electron chi connectivity index (χ1n) is 10.7. The molecular formula is C21H28ClFN6O. The number of halogens is 2. The van der Waals surface area contributed by atoms with Gasteiger partial charge >= 0.3 is 6.01 Å². The van der Waals surface area contributed by atoms with Gasteiger partial charge in [0.25, 0.3) is 0 Å². The Bertz CT molecular complexity index is 953. The highest BCUT2D eigenvalue weighted by Gasteiger charge is 2.44. The molecule has 4 heterocycles. The van der Waals surface area contributed by atoms with E-state index in [2.05, 4.69) is 39.2 Å². The van der Waals surface area contributed by atoms with Crippen molar-refractivity contribution in [2.24, 2.45) is 11.3 Å². The second-order valence-electron chi connectivity index (χ2n) is 9.33. The number of anilines is 1. The molecule has 0 aromatic carbocycles. The maximum absolute atomic E-state index is 14.8. The van der Waals surface area contributed by atoms with Gasteiger partial charge in [0.15, 0.2) is 11.0 Å². The van der Waals surface area contributed by atoms with Crippen molar-refractivity contribution in [3.05, 3.63) is 17.2 Å². The zero-order chi connectivity index (χ0) is 20.9. The van der Waals surface area contributed by atoms with E-state index < -0.39 is 5.82 Å². The van der Waals surface area contributed by atoms with Gasteiger partial charge in [0.2, 0.25) is 0 Å². The van der Waals surface area contributed by atoms with Gasteiger partial charge in [-0.1, -0.05) is 11.6 Å². The average molecular weight is 435 g/mol. The zero-order valence-corrected chi connectivity index (χ0v) is 18.3. The van der Waals surface area contributed by atoms with Crippen LogP contribution in [-0.4, -0.2) is 72.8 Å². The van der Waals surface area contributed by atoms with Gasteiger partial charge in [-0.2, -0.15) is 9.97 Å². The Morgan fingerprint density at radius 2 is 2.17 bits per heavy atom. The molecule has 0 amide bonds. The molecule has 1 saturated carbocycles.